The Morgan fingerprint density at radius 3 is 2.68 bits per heavy atom. The lowest BCUT2D eigenvalue weighted by atomic mass is 10.2. The van der Waals surface area contributed by atoms with E-state index in [0.717, 1.165) is 5.75 Å². The molecule has 1 fully saturated rings. The number of rotatable bonds is 6. The molecule has 0 saturated carbocycles. The molecule has 0 radical (unpaired) electrons. The van der Waals surface area contributed by atoms with E-state index < -0.39 is 0 Å². The number of carbonyl (C=O) groups is 1. The third-order valence-electron chi connectivity index (χ3n) is 2.59. The van der Waals surface area contributed by atoms with Crippen LogP contribution in [0.5, 0.6) is 5.75 Å². The zero-order valence-electron chi connectivity index (χ0n) is 10.6. The van der Waals surface area contributed by atoms with Gasteiger partial charge in [0.15, 0.2) is 6.61 Å². The van der Waals surface area contributed by atoms with Crippen LogP contribution in [0.3, 0.4) is 0 Å². The van der Waals surface area contributed by atoms with E-state index in [2.05, 4.69) is 24.0 Å². The number of benzene rings is 1. The average Bonchev–Trinajstić information content (AvgIpc) is 2.97. The summed E-state index contributed by atoms with van der Waals surface area (Å²) in [5, 5.41) is 2.67. The molecule has 1 aromatic rings. The molecule has 102 valence electrons. The highest BCUT2D eigenvalue weighted by atomic mass is 32.2. The molecule has 3 nitrogen and oxygen atoms in total. The van der Waals surface area contributed by atoms with Gasteiger partial charge >= 0.3 is 0 Å². The molecule has 0 atom stereocenters. The summed E-state index contributed by atoms with van der Waals surface area (Å²) in [7, 11) is 0. The molecule has 1 amide bonds. The fourth-order valence-corrected chi connectivity index (χ4v) is 4.52. The molecule has 5 heteroatoms. The fraction of sp³-hybridized carbons (Fsp3) is 0.357. The number of nitrogens with one attached hydrogen (secondary N) is 1. The van der Waals surface area contributed by atoms with Gasteiger partial charge in [-0.1, -0.05) is 18.2 Å². The Bertz CT molecular complexity index is 428. The van der Waals surface area contributed by atoms with E-state index in [-0.39, 0.29) is 12.5 Å². The first-order chi connectivity index (χ1) is 9.29. The van der Waals surface area contributed by atoms with Crippen molar-refractivity contribution >= 4 is 29.4 Å². The van der Waals surface area contributed by atoms with Crippen molar-refractivity contribution in [3.8, 4) is 5.75 Å². The summed E-state index contributed by atoms with van der Waals surface area (Å²) in [6.45, 7) is 4.05. The van der Waals surface area contributed by atoms with Crippen molar-refractivity contribution in [2.75, 3.05) is 24.7 Å². The molecule has 1 aliphatic heterocycles. The maximum Gasteiger partial charge on any atom is 0.258 e. The largest absolute Gasteiger partial charge is 0.484 e. The van der Waals surface area contributed by atoms with Crippen molar-refractivity contribution in [2.24, 2.45) is 0 Å². The molecular weight excluding hydrogens is 278 g/mol. The number of ether oxygens (including phenoxy) is 1. The fourth-order valence-electron chi connectivity index (χ4n) is 1.66. The van der Waals surface area contributed by atoms with E-state index in [9.17, 15) is 4.79 Å². The van der Waals surface area contributed by atoms with Crippen LogP contribution in [0.4, 0.5) is 0 Å². The van der Waals surface area contributed by atoms with E-state index in [4.69, 9.17) is 4.74 Å². The second-order valence-corrected chi connectivity index (χ2v) is 6.75. The zero-order valence-corrected chi connectivity index (χ0v) is 12.3. The van der Waals surface area contributed by atoms with Crippen molar-refractivity contribution in [2.45, 2.75) is 4.58 Å². The quantitative estimate of drug-likeness (QED) is 0.819. The highest BCUT2D eigenvalue weighted by molar-refractivity contribution is 8.19. The van der Waals surface area contributed by atoms with Crippen LogP contribution >= 0.6 is 23.5 Å². The average molecular weight is 295 g/mol. The summed E-state index contributed by atoms with van der Waals surface area (Å²) in [4.78, 5) is 11.4. The topological polar surface area (TPSA) is 38.3 Å². The van der Waals surface area contributed by atoms with Gasteiger partial charge in [0, 0.05) is 18.1 Å². The number of carbonyl (C=O) groups excluding carboxylic acids is 1. The van der Waals surface area contributed by atoms with Crippen LogP contribution in [0.25, 0.3) is 0 Å². The molecular formula is C14H17NO2S2. The smallest absolute Gasteiger partial charge is 0.258 e. The molecule has 1 N–H and O–H groups in total. The third kappa shape index (κ3) is 4.51. The van der Waals surface area contributed by atoms with Crippen LogP contribution in [0.15, 0.2) is 36.9 Å². The first kappa shape index (κ1) is 14.3. The molecule has 0 bridgehead atoms. The van der Waals surface area contributed by atoms with Crippen molar-refractivity contribution < 1.29 is 9.53 Å². The van der Waals surface area contributed by atoms with Gasteiger partial charge in [-0.2, -0.15) is 0 Å². The van der Waals surface area contributed by atoms with Crippen LogP contribution in [-0.4, -0.2) is 30.6 Å². The summed E-state index contributed by atoms with van der Waals surface area (Å²) < 4.78 is 5.97. The molecule has 1 aromatic carbocycles. The molecule has 1 aliphatic rings. The number of hydrogen-bond acceptors (Lipinski definition) is 4. The molecule has 19 heavy (non-hydrogen) atoms. The second kappa shape index (κ2) is 7.50. The Morgan fingerprint density at radius 2 is 2.05 bits per heavy atom. The Balaban J connectivity index is 1.81. The van der Waals surface area contributed by atoms with E-state index in [0.29, 0.717) is 11.1 Å². The van der Waals surface area contributed by atoms with E-state index in [1.54, 1.807) is 6.08 Å². The van der Waals surface area contributed by atoms with Crippen molar-refractivity contribution in [3.63, 3.8) is 0 Å². The van der Waals surface area contributed by atoms with Crippen molar-refractivity contribution in [1.82, 2.24) is 5.32 Å². The van der Waals surface area contributed by atoms with Crippen LogP contribution in [0.2, 0.25) is 0 Å². The lowest BCUT2D eigenvalue weighted by molar-refractivity contribution is -0.122. The van der Waals surface area contributed by atoms with Gasteiger partial charge in [-0.15, -0.1) is 30.1 Å². The molecule has 2 rings (SSSR count). The molecule has 1 heterocycles. The normalized spacial score (nSPS) is 15.2. The maximum absolute atomic E-state index is 11.4. The monoisotopic (exact) mass is 295 g/mol. The van der Waals surface area contributed by atoms with Crippen LogP contribution in [-0.2, 0) is 4.79 Å². The van der Waals surface area contributed by atoms with Crippen LogP contribution in [0.1, 0.15) is 10.1 Å². The van der Waals surface area contributed by atoms with Gasteiger partial charge in [0.25, 0.3) is 5.91 Å². The van der Waals surface area contributed by atoms with Crippen LogP contribution in [0, 0.1) is 0 Å². The standard InChI is InChI=1S/C14H17NO2S2/c1-2-7-15-13(16)10-17-12-5-3-11(4-6-12)14-18-8-9-19-14/h2-6,14H,1,7-10H2,(H,15,16). The summed E-state index contributed by atoms with van der Waals surface area (Å²) in [6, 6.07) is 8.01. The first-order valence-corrected chi connectivity index (χ1v) is 8.23. The van der Waals surface area contributed by atoms with E-state index >= 15 is 0 Å². The Labute approximate surface area is 122 Å². The highest BCUT2D eigenvalue weighted by Gasteiger charge is 2.17. The van der Waals surface area contributed by atoms with Gasteiger partial charge in [-0.05, 0) is 17.7 Å². The minimum atomic E-state index is -0.133. The highest BCUT2D eigenvalue weighted by Crippen LogP contribution is 2.45. The third-order valence-corrected chi connectivity index (χ3v) is 5.69. The summed E-state index contributed by atoms with van der Waals surface area (Å²) in [5.41, 5.74) is 1.32. The van der Waals surface area contributed by atoms with Gasteiger partial charge < -0.3 is 10.1 Å². The lowest BCUT2D eigenvalue weighted by Gasteiger charge is -2.10. The number of amides is 1. The summed E-state index contributed by atoms with van der Waals surface area (Å²) >= 11 is 3.95. The van der Waals surface area contributed by atoms with E-state index in [1.165, 1.54) is 17.1 Å². The molecule has 0 unspecified atom stereocenters. The Kier molecular flexibility index (Phi) is 5.66. The molecule has 1 saturated heterocycles. The van der Waals surface area contributed by atoms with Crippen molar-refractivity contribution in [1.29, 1.82) is 0 Å². The minimum Gasteiger partial charge on any atom is -0.484 e. The minimum absolute atomic E-state index is 0.0418. The van der Waals surface area contributed by atoms with Gasteiger partial charge in [-0.25, -0.2) is 0 Å². The first-order valence-electron chi connectivity index (χ1n) is 6.13. The van der Waals surface area contributed by atoms with Gasteiger partial charge in [-0.3, -0.25) is 4.79 Å². The molecule has 0 aromatic heterocycles. The Morgan fingerprint density at radius 1 is 1.37 bits per heavy atom. The molecule has 0 aliphatic carbocycles. The second-order valence-electron chi connectivity index (χ2n) is 4.02. The maximum atomic E-state index is 11.4. The zero-order chi connectivity index (χ0) is 13.5. The number of hydrogen-bond donors (Lipinski definition) is 1. The number of thioether (sulfide) groups is 2. The lowest BCUT2D eigenvalue weighted by Crippen LogP contribution is -2.28. The van der Waals surface area contributed by atoms with Crippen LogP contribution < -0.4 is 10.1 Å². The molecule has 0 spiro atoms. The van der Waals surface area contributed by atoms with Gasteiger partial charge in [0.05, 0.1) is 4.58 Å². The van der Waals surface area contributed by atoms with Gasteiger partial charge in [0.2, 0.25) is 0 Å². The van der Waals surface area contributed by atoms with Crippen molar-refractivity contribution in [3.05, 3.63) is 42.5 Å². The summed E-state index contributed by atoms with van der Waals surface area (Å²) in [6.07, 6.45) is 1.64. The Hall–Kier alpha value is -1.07. The summed E-state index contributed by atoms with van der Waals surface area (Å²) in [5.74, 6) is 3.03. The van der Waals surface area contributed by atoms with E-state index in [1.807, 2.05) is 35.7 Å². The SMILES string of the molecule is C=CCNC(=O)COc1ccc(C2SCCS2)cc1. The van der Waals surface area contributed by atoms with Gasteiger partial charge in [0.1, 0.15) is 5.75 Å². The predicted octanol–water partition coefficient (Wildman–Crippen LogP) is 2.85. The predicted molar refractivity (Wildman–Crippen MR) is 82.8 cm³/mol.